The fourth-order valence-corrected chi connectivity index (χ4v) is 3.17. The maximum absolute atomic E-state index is 12.5. The van der Waals surface area contributed by atoms with E-state index in [-0.39, 0.29) is 5.91 Å². The Hall–Kier alpha value is -3.38. The third-order valence-electron chi connectivity index (χ3n) is 4.53. The molecular formula is C22H20ClN5O. The molecule has 1 amide bonds. The highest BCUT2D eigenvalue weighted by Gasteiger charge is 2.08. The second kappa shape index (κ2) is 8.75. The van der Waals surface area contributed by atoms with E-state index in [9.17, 15) is 4.79 Å². The van der Waals surface area contributed by atoms with E-state index in [2.05, 4.69) is 27.6 Å². The summed E-state index contributed by atoms with van der Waals surface area (Å²) in [4.78, 5) is 12.5. The van der Waals surface area contributed by atoms with E-state index in [0.29, 0.717) is 22.8 Å². The summed E-state index contributed by atoms with van der Waals surface area (Å²) in [6, 6.07) is 17.7. The smallest absolute Gasteiger partial charge is 0.255 e. The Morgan fingerprint density at radius 1 is 0.897 bits per heavy atom. The molecule has 1 N–H and O–H groups in total. The van der Waals surface area contributed by atoms with Gasteiger partial charge in [-0.05, 0) is 29.7 Å². The fourth-order valence-electron chi connectivity index (χ4n) is 3.02. The van der Waals surface area contributed by atoms with Gasteiger partial charge in [-0.15, -0.1) is 0 Å². The number of nitrogens with zero attached hydrogens (tertiary/aromatic N) is 4. The topological polar surface area (TPSA) is 64.7 Å². The van der Waals surface area contributed by atoms with Crippen molar-refractivity contribution in [3.8, 4) is 0 Å². The van der Waals surface area contributed by atoms with Gasteiger partial charge in [0.2, 0.25) is 0 Å². The van der Waals surface area contributed by atoms with Gasteiger partial charge in [0.25, 0.3) is 5.91 Å². The molecule has 6 nitrogen and oxygen atoms in total. The van der Waals surface area contributed by atoms with Crippen molar-refractivity contribution in [1.29, 1.82) is 0 Å². The molecule has 2 aromatic carbocycles. The van der Waals surface area contributed by atoms with Crippen molar-refractivity contribution in [2.45, 2.75) is 19.5 Å². The van der Waals surface area contributed by atoms with Crippen LogP contribution in [0.2, 0.25) is 5.02 Å². The van der Waals surface area contributed by atoms with Crippen LogP contribution in [0.3, 0.4) is 0 Å². The van der Waals surface area contributed by atoms with Gasteiger partial charge in [-0.2, -0.15) is 10.2 Å². The molecule has 0 atom stereocenters. The summed E-state index contributed by atoms with van der Waals surface area (Å²) < 4.78 is 3.59. The number of rotatable bonds is 7. The van der Waals surface area contributed by atoms with E-state index < -0.39 is 0 Å². The van der Waals surface area contributed by atoms with Gasteiger partial charge in [-0.25, -0.2) is 0 Å². The Morgan fingerprint density at radius 3 is 2.38 bits per heavy atom. The molecular weight excluding hydrogens is 386 g/mol. The zero-order valence-corrected chi connectivity index (χ0v) is 16.5. The minimum Gasteiger partial charge on any atom is -0.319 e. The van der Waals surface area contributed by atoms with Gasteiger partial charge in [0, 0.05) is 24.5 Å². The second-order valence-electron chi connectivity index (χ2n) is 6.73. The van der Waals surface area contributed by atoms with Crippen LogP contribution < -0.4 is 5.32 Å². The van der Waals surface area contributed by atoms with Gasteiger partial charge in [-0.1, -0.05) is 54.1 Å². The first kappa shape index (κ1) is 19.0. The highest BCUT2D eigenvalue weighted by Crippen LogP contribution is 2.12. The molecule has 146 valence electrons. The number of hydrogen-bond acceptors (Lipinski definition) is 3. The Bertz CT molecular complexity index is 1090. The van der Waals surface area contributed by atoms with Crippen LogP contribution in [-0.4, -0.2) is 25.5 Å². The first-order valence-electron chi connectivity index (χ1n) is 9.30. The first-order valence-corrected chi connectivity index (χ1v) is 9.68. The second-order valence-corrected chi connectivity index (χ2v) is 7.17. The lowest BCUT2D eigenvalue weighted by atomic mass is 10.1. The largest absolute Gasteiger partial charge is 0.319 e. The Kier molecular flexibility index (Phi) is 5.72. The van der Waals surface area contributed by atoms with Crippen LogP contribution in [0.25, 0.3) is 0 Å². The van der Waals surface area contributed by atoms with Gasteiger partial charge in [0.05, 0.1) is 29.6 Å². The predicted octanol–water partition coefficient (Wildman–Crippen LogP) is 4.28. The van der Waals surface area contributed by atoms with Gasteiger partial charge < -0.3 is 5.32 Å². The minimum absolute atomic E-state index is 0.165. The van der Waals surface area contributed by atoms with Crippen molar-refractivity contribution in [2.24, 2.45) is 0 Å². The molecule has 0 aliphatic carbocycles. The molecule has 0 saturated heterocycles. The van der Waals surface area contributed by atoms with Crippen LogP contribution in [0.15, 0.2) is 79.4 Å². The summed E-state index contributed by atoms with van der Waals surface area (Å²) >= 11 is 5.88. The molecule has 0 aliphatic rings. The number of benzene rings is 2. The number of carbonyl (C=O) groups is 1. The van der Waals surface area contributed by atoms with Crippen molar-refractivity contribution in [2.75, 3.05) is 5.32 Å². The van der Waals surface area contributed by atoms with Gasteiger partial charge >= 0.3 is 0 Å². The monoisotopic (exact) mass is 405 g/mol. The lowest BCUT2D eigenvalue weighted by Gasteiger charge is -2.05. The van der Waals surface area contributed by atoms with Crippen molar-refractivity contribution in [1.82, 2.24) is 19.6 Å². The zero-order valence-electron chi connectivity index (χ0n) is 15.7. The van der Waals surface area contributed by atoms with E-state index in [0.717, 1.165) is 18.5 Å². The number of anilines is 1. The summed E-state index contributed by atoms with van der Waals surface area (Å²) in [5.74, 6) is -0.165. The van der Waals surface area contributed by atoms with Crippen LogP contribution >= 0.6 is 11.6 Å². The highest BCUT2D eigenvalue weighted by molar-refractivity contribution is 6.30. The maximum atomic E-state index is 12.5. The summed E-state index contributed by atoms with van der Waals surface area (Å²) in [5, 5.41) is 12.0. The third kappa shape index (κ3) is 5.12. The molecule has 2 aromatic heterocycles. The number of amides is 1. The highest BCUT2D eigenvalue weighted by atomic mass is 35.5. The third-order valence-corrected chi connectivity index (χ3v) is 4.72. The SMILES string of the molecule is O=C(Nc1cnn(CCc2ccccc2)c1)c1ccc(Cn2cc(Cl)cn2)cc1. The van der Waals surface area contributed by atoms with E-state index in [1.165, 1.54) is 5.56 Å². The first-order chi connectivity index (χ1) is 14.2. The molecule has 4 rings (SSSR count). The fraction of sp³-hybridized carbons (Fsp3) is 0.136. The predicted molar refractivity (Wildman–Crippen MR) is 113 cm³/mol. The van der Waals surface area contributed by atoms with Crippen LogP contribution in [0.1, 0.15) is 21.5 Å². The lowest BCUT2D eigenvalue weighted by Crippen LogP contribution is -2.11. The molecule has 0 bridgehead atoms. The molecule has 29 heavy (non-hydrogen) atoms. The number of carbonyl (C=O) groups excluding carboxylic acids is 1. The molecule has 0 unspecified atom stereocenters. The van der Waals surface area contributed by atoms with E-state index in [4.69, 9.17) is 11.6 Å². The number of aromatic nitrogens is 4. The number of aryl methyl sites for hydroxylation is 2. The van der Waals surface area contributed by atoms with Crippen molar-refractivity contribution < 1.29 is 4.79 Å². The molecule has 7 heteroatoms. The number of nitrogens with one attached hydrogen (secondary N) is 1. The normalized spacial score (nSPS) is 10.8. The quantitative estimate of drug-likeness (QED) is 0.499. The molecule has 0 fully saturated rings. The summed E-state index contributed by atoms with van der Waals surface area (Å²) in [6.45, 7) is 1.36. The summed E-state index contributed by atoms with van der Waals surface area (Å²) in [6.07, 6.45) is 7.76. The van der Waals surface area contributed by atoms with Crippen LogP contribution in [-0.2, 0) is 19.5 Å². The summed E-state index contributed by atoms with van der Waals surface area (Å²) in [5.41, 5.74) is 3.56. The van der Waals surface area contributed by atoms with Gasteiger partial charge in [-0.3, -0.25) is 14.2 Å². The van der Waals surface area contributed by atoms with Crippen LogP contribution in [0.5, 0.6) is 0 Å². The van der Waals surface area contributed by atoms with Crippen LogP contribution in [0, 0.1) is 0 Å². The molecule has 0 radical (unpaired) electrons. The Morgan fingerprint density at radius 2 is 1.66 bits per heavy atom. The number of halogens is 1. The van der Waals surface area contributed by atoms with Gasteiger partial charge in [0.1, 0.15) is 0 Å². The minimum atomic E-state index is -0.165. The molecule has 0 aliphatic heterocycles. The Labute approximate surface area is 173 Å². The van der Waals surface area contributed by atoms with Crippen molar-refractivity contribution in [3.05, 3.63) is 101 Å². The molecule has 0 saturated carbocycles. The Balaban J connectivity index is 1.32. The molecule has 4 aromatic rings. The zero-order chi connectivity index (χ0) is 20.1. The van der Waals surface area contributed by atoms with E-state index in [1.807, 2.05) is 41.2 Å². The maximum Gasteiger partial charge on any atom is 0.255 e. The number of hydrogen-bond donors (Lipinski definition) is 1. The molecule has 2 heterocycles. The molecule has 0 spiro atoms. The lowest BCUT2D eigenvalue weighted by molar-refractivity contribution is 0.102. The average molecular weight is 406 g/mol. The van der Waals surface area contributed by atoms with Gasteiger partial charge in [0.15, 0.2) is 0 Å². The van der Waals surface area contributed by atoms with Crippen LogP contribution in [0.4, 0.5) is 5.69 Å². The summed E-state index contributed by atoms with van der Waals surface area (Å²) in [7, 11) is 0. The van der Waals surface area contributed by atoms with E-state index >= 15 is 0 Å². The standard InChI is InChI=1S/C22H20ClN5O/c23-20-12-24-28(15-20)14-18-6-8-19(9-7-18)22(29)26-21-13-25-27(16-21)11-10-17-4-2-1-3-5-17/h1-9,12-13,15-16H,10-11,14H2,(H,26,29). The average Bonchev–Trinajstić information content (AvgIpc) is 3.36. The van der Waals surface area contributed by atoms with E-state index in [1.54, 1.807) is 35.4 Å². The van der Waals surface area contributed by atoms with Crippen molar-refractivity contribution >= 4 is 23.2 Å². The van der Waals surface area contributed by atoms with Crippen molar-refractivity contribution in [3.63, 3.8) is 0 Å².